The van der Waals surface area contributed by atoms with E-state index in [1.165, 1.54) is 12.7 Å². The minimum atomic E-state index is -0.128. The van der Waals surface area contributed by atoms with Crippen LogP contribution in [0.5, 0.6) is 11.5 Å². The molecular weight excluding hydrogens is 366 g/mol. The van der Waals surface area contributed by atoms with Crippen molar-refractivity contribution in [2.75, 3.05) is 7.11 Å². The molecule has 2 atom stereocenters. The van der Waals surface area contributed by atoms with Crippen molar-refractivity contribution in [3.05, 3.63) is 58.4 Å². The highest BCUT2D eigenvalue weighted by molar-refractivity contribution is 5.86. The normalized spacial score (nSPS) is 20.1. The lowest BCUT2D eigenvalue weighted by Crippen LogP contribution is -2.43. The number of likely N-dealkylation sites (tertiary alicyclic amines) is 1. The minimum Gasteiger partial charge on any atom is -0.507 e. The number of methoxy groups -OCH3 is 1. The lowest BCUT2D eigenvalue weighted by Gasteiger charge is -2.39. The monoisotopic (exact) mass is 393 g/mol. The second-order valence-electron chi connectivity index (χ2n) is 7.92. The molecule has 3 aromatic rings. The summed E-state index contributed by atoms with van der Waals surface area (Å²) >= 11 is 0. The van der Waals surface area contributed by atoms with E-state index in [4.69, 9.17) is 9.15 Å². The molecule has 5 nitrogen and oxygen atoms in total. The van der Waals surface area contributed by atoms with E-state index in [0.717, 1.165) is 12.8 Å². The van der Waals surface area contributed by atoms with Crippen LogP contribution in [0.2, 0.25) is 0 Å². The molecule has 2 heterocycles. The molecule has 1 aliphatic rings. The third-order valence-corrected chi connectivity index (χ3v) is 6.13. The Labute approximate surface area is 170 Å². The molecule has 1 saturated heterocycles. The number of aromatic hydroxyl groups is 1. The molecular formula is C24H27NO4. The number of piperidine rings is 1. The average molecular weight is 393 g/mol. The number of hydrogen-bond donors (Lipinski definition) is 1. The Morgan fingerprint density at radius 2 is 1.83 bits per heavy atom. The number of nitrogens with zero attached hydrogens (tertiary/aromatic N) is 1. The summed E-state index contributed by atoms with van der Waals surface area (Å²) in [6.45, 7) is 4.99. The van der Waals surface area contributed by atoms with E-state index in [-0.39, 0.29) is 11.2 Å². The summed E-state index contributed by atoms with van der Waals surface area (Å²) in [5.41, 5.74) is 2.15. The van der Waals surface area contributed by atoms with Gasteiger partial charge in [0, 0.05) is 24.2 Å². The zero-order valence-electron chi connectivity index (χ0n) is 17.1. The fourth-order valence-electron chi connectivity index (χ4n) is 4.42. The summed E-state index contributed by atoms with van der Waals surface area (Å²) in [4.78, 5) is 15.7. The standard InChI is InChI=1S/C24H27NO4/c1-15-7-6-8-16(2)25(15)13-19-21(26)12-11-18-23(27)20(14-29-24(18)19)17-9-4-5-10-22(17)28-3/h4-5,9-12,14-16,26H,6-8,13H2,1-3H3/t15-,16-/m0/s1. The first-order valence-electron chi connectivity index (χ1n) is 10.2. The fraction of sp³-hybridized carbons (Fsp3) is 0.375. The Morgan fingerprint density at radius 3 is 2.55 bits per heavy atom. The maximum atomic E-state index is 13.3. The van der Waals surface area contributed by atoms with Gasteiger partial charge in [0.05, 0.1) is 23.6 Å². The van der Waals surface area contributed by atoms with Crippen LogP contribution >= 0.6 is 0 Å². The summed E-state index contributed by atoms with van der Waals surface area (Å²) in [5, 5.41) is 11.0. The van der Waals surface area contributed by atoms with Crippen molar-refractivity contribution >= 4 is 11.0 Å². The van der Waals surface area contributed by atoms with E-state index in [1.807, 2.05) is 24.3 Å². The quantitative estimate of drug-likeness (QED) is 0.680. The Kier molecular flexibility index (Phi) is 5.33. The zero-order valence-corrected chi connectivity index (χ0v) is 17.1. The van der Waals surface area contributed by atoms with Crippen molar-refractivity contribution in [1.82, 2.24) is 4.90 Å². The van der Waals surface area contributed by atoms with Crippen molar-refractivity contribution < 1.29 is 14.3 Å². The van der Waals surface area contributed by atoms with Gasteiger partial charge in [-0.05, 0) is 44.9 Å². The van der Waals surface area contributed by atoms with Crippen LogP contribution in [-0.2, 0) is 6.54 Å². The Bertz CT molecular complexity index is 1080. The van der Waals surface area contributed by atoms with Gasteiger partial charge in [-0.15, -0.1) is 0 Å². The highest BCUT2D eigenvalue weighted by atomic mass is 16.5. The second kappa shape index (κ2) is 7.91. The third-order valence-electron chi connectivity index (χ3n) is 6.13. The number of benzene rings is 2. The molecule has 5 heteroatoms. The van der Waals surface area contributed by atoms with Crippen LogP contribution < -0.4 is 10.2 Å². The first kappa shape index (κ1) is 19.5. The minimum absolute atomic E-state index is 0.128. The molecule has 2 aromatic carbocycles. The number of rotatable bonds is 4. The largest absolute Gasteiger partial charge is 0.507 e. The molecule has 1 fully saturated rings. The summed E-state index contributed by atoms with van der Waals surface area (Å²) < 4.78 is 11.4. The van der Waals surface area contributed by atoms with Crippen molar-refractivity contribution in [3.8, 4) is 22.6 Å². The Hall–Kier alpha value is -2.79. The molecule has 0 spiro atoms. The summed E-state index contributed by atoms with van der Waals surface area (Å²) in [7, 11) is 1.58. The highest BCUT2D eigenvalue weighted by Crippen LogP contribution is 2.34. The van der Waals surface area contributed by atoms with Crippen LogP contribution in [0.15, 0.2) is 51.9 Å². The van der Waals surface area contributed by atoms with Crippen LogP contribution in [-0.4, -0.2) is 29.2 Å². The maximum absolute atomic E-state index is 13.3. The van der Waals surface area contributed by atoms with E-state index in [9.17, 15) is 9.90 Å². The van der Waals surface area contributed by atoms with Gasteiger partial charge < -0.3 is 14.3 Å². The Morgan fingerprint density at radius 1 is 1.10 bits per heavy atom. The zero-order chi connectivity index (χ0) is 20.5. The van der Waals surface area contributed by atoms with E-state index >= 15 is 0 Å². The molecule has 0 radical (unpaired) electrons. The van der Waals surface area contributed by atoms with Crippen molar-refractivity contribution in [2.24, 2.45) is 0 Å². The molecule has 0 amide bonds. The molecule has 1 aliphatic heterocycles. The molecule has 152 valence electrons. The molecule has 0 unspecified atom stereocenters. The second-order valence-corrected chi connectivity index (χ2v) is 7.92. The van der Waals surface area contributed by atoms with Crippen LogP contribution in [0, 0.1) is 0 Å². The summed E-state index contributed by atoms with van der Waals surface area (Å²) in [6.07, 6.45) is 4.97. The van der Waals surface area contributed by atoms with Crippen molar-refractivity contribution in [2.45, 2.75) is 51.7 Å². The van der Waals surface area contributed by atoms with Gasteiger partial charge in [0.2, 0.25) is 5.43 Å². The number of para-hydroxylation sites is 1. The number of hydrogen-bond acceptors (Lipinski definition) is 5. The summed E-state index contributed by atoms with van der Waals surface area (Å²) in [6, 6.07) is 11.5. The number of ether oxygens (including phenoxy) is 1. The van der Waals surface area contributed by atoms with E-state index in [1.54, 1.807) is 19.2 Å². The maximum Gasteiger partial charge on any atom is 0.200 e. The smallest absolute Gasteiger partial charge is 0.200 e. The SMILES string of the molecule is COc1ccccc1-c1coc2c(CN3[C@@H](C)CCC[C@@H]3C)c(O)ccc2c1=O. The molecule has 0 bridgehead atoms. The van der Waals surface area contributed by atoms with E-state index in [2.05, 4.69) is 18.7 Å². The predicted octanol–water partition coefficient (Wildman–Crippen LogP) is 4.94. The number of fused-ring (bicyclic) bond motifs is 1. The predicted molar refractivity (Wildman–Crippen MR) is 114 cm³/mol. The highest BCUT2D eigenvalue weighted by Gasteiger charge is 2.27. The average Bonchev–Trinajstić information content (AvgIpc) is 2.72. The Balaban J connectivity index is 1.83. The lowest BCUT2D eigenvalue weighted by molar-refractivity contribution is 0.0945. The number of phenolic OH excluding ortho intramolecular Hbond substituents is 1. The molecule has 1 N–H and O–H groups in total. The van der Waals surface area contributed by atoms with Crippen LogP contribution in [0.4, 0.5) is 0 Å². The van der Waals surface area contributed by atoms with E-state index in [0.29, 0.717) is 52.0 Å². The van der Waals surface area contributed by atoms with Gasteiger partial charge in [-0.2, -0.15) is 0 Å². The van der Waals surface area contributed by atoms with Crippen molar-refractivity contribution in [1.29, 1.82) is 0 Å². The van der Waals surface area contributed by atoms with E-state index < -0.39 is 0 Å². The first-order chi connectivity index (χ1) is 14.0. The lowest BCUT2D eigenvalue weighted by atomic mass is 9.96. The molecule has 29 heavy (non-hydrogen) atoms. The summed E-state index contributed by atoms with van der Waals surface area (Å²) in [5.74, 6) is 0.782. The molecule has 1 aromatic heterocycles. The number of phenols is 1. The van der Waals surface area contributed by atoms with Gasteiger partial charge in [-0.25, -0.2) is 0 Å². The van der Waals surface area contributed by atoms with Gasteiger partial charge in [-0.1, -0.05) is 24.6 Å². The van der Waals surface area contributed by atoms with Crippen LogP contribution in [0.3, 0.4) is 0 Å². The fourth-order valence-corrected chi connectivity index (χ4v) is 4.42. The van der Waals surface area contributed by atoms with Gasteiger partial charge in [0.15, 0.2) is 0 Å². The topological polar surface area (TPSA) is 62.9 Å². The van der Waals surface area contributed by atoms with Crippen LogP contribution in [0.25, 0.3) is 22.1 Å². The van der Waals surface area contributed by atoms with Gasteiger partial charge in [0.25, 0.3) is 0 Å². The molecule has 0 saturated carbocycles. The molecule has 0 aliphatic carbocycles. The first-order valence-corrected chi connectivity index (χ1v) is 10.2. The van der Waals surface area contributed by atoms with Gasteiger partial charge in [0.1, 0.15) is 23.3 Å². The van der Waals surface area contributed by atoms with Crippen LogP contribution in [0.1, 0.15) is 38.7 Å². The third kappa shape index (κ3) is 3.51. The van der Waals surface area contributed by atoms with Gasteiger partial charge in [-0.3, -0.25) is 9.69 Å². The molecule has 4 rings (SSSR count). The van der Waals surface area contributed by atoms with Crippen molar-refractivity contribution in [3.63, 3.8) is 0 Å². The van der Waals surface area contributed by atoms with Gasteiger partial charge >= 0.3 is 0 Å².